The summed E-state index contributed by atoms with van der Waals surface area (Å²) < 4.78 is 28.6. The van der Waals surface area contributed by atoms with Crippen LogP contribution in [0.3, 0.4) is 0 Å². The van der Waals surface area contributed by atoms with Crippen molar-refractivity contribution in [1.29, 1.82) is 0 Å². The van der Waals surface area contributed by atoms with Gasteiger partial charge in [0.1, 0.15) is 0 Å². The lowest BCUT2D eigenvalue weighted by Crippen LogP contribution is -2.13. The standard InChI is InChI=1S/CH3NO4S2/c3-1-7-2-8(4,5)6/h1-2H,(H,4,5,6). The Bertz CT molecular complexity index is 159. The largest absolute Gasteiger partial charge is 0.343 e. The Kier molecular flexibility index (Phi) is 2.98. The van der Waals surface area contributed by atoms with Crippen LogP contribution in [-0.4, -0.2) is 18.6 Å². The van der Waals surface area contributed by atoms with Crippen LogP contribution in [0.15, 0.2) is 0 Å². The molecule has 0 fully saturated rings. The zero-order valence-electron chi connectivity index (χ0n) is 3.57. The highest BCUT2D eigenvalue weighted by Crippen LogP contribution is 1.86. The zero-order chi connectivity index (χ0) is 6.62. The smallest absolute Gasteiger partial charge is 0.290 e. The van der Waals surface area contributed by atoms with E-state index in [1.165, 1.54) is 4.13 Å². The molecular weight excluding hydrogens is 154 g/mol. The van der Waals surface area contributed by atoms with Gasteiger partial charge in [0.2, 0.25) is 0 Å². The quantitative estimate of drug-likeness (QED) is 0.319. The second-order valence-electron chi connectivity index (χ2n) is 0.772. The van der Waals surface area contributed by atoms with Crippen molar-refractivity contribution in [1.82, 2.24) is 4.13 Å². The maximum absolute atomic E-state index is 9.65. The van der Waals surface area contributed by atoms with Gasteiger partial charge >= 0.3 is 10.3 Å². The summed E-state index contributed by atoms with van der Waals surface area (Å²) in [6.07, 6.45) is 0. The van der Waals surface area contributed by atoms with Crippen LogP contribution in [0.4, 0.5) is 0 Å². The van der Waals surface area contributed by atoms with Crippen LogP contribution < -0.4 is 4.13 Å². The first-order valence-electron chi connectivity index (χ1n) is 1.40. The Labute approximate surface area is 50.5 Å². The molecule has 0 bridgehead atoms. The normalized spacial score (nSPS) is 11.1. The van der Waals surface area contributed by atoms with Crippen LogP contribution in [-0.2, 0) is 15.1 Å². The molecule has 0 aliphatic carbocycles. The molecule has 8 heavy (non-hydrogen) atoms. The number of hydrogen-bond acceptors (Lipinski definition) is 4. The predicted octanol–water partition coefficient (Wildman–Crippen LogP) is -0.783. The Hall–Kier alpha value is -0.110. The number of hydrogen-bond donors (Lipinski definition) is 2. The molecule has 2 N–H and O–H groups in total. The first kappa shape index (κ1) is 7.89. The Balaban J connectivity index is 3.57. The van der Waals surface area contributed by atoms with Gasteiger partial charge in [-0.15, -0.1) is 4.13 Å². The fourth-order valence-corrected chi connectivity index (χ4v) is 0.724. The maximum Gasteiger partial charge on any atom is 0.343 e. The predicted molar refractivity (Wildman–Crippen MR) is 29.0 cm³/mol. The monoisotopic (exact) mass is 157 g/mol. The summed E-state index contributed by atoms with van der Waals surface area (Å²) in [6.45, 7) is 0. The molecular formula is CH3NO4S2. The van der Waals surface area contributed by atoms with Crippen molar-refractivity contribution in [2.75, 3.05) is 0 Å². The third-order valence-corrected chi connectivity index (χ3v) is 1.53. The highest BCUT2D eigenvalue weighted by Gasteiger charge is 1.99. The lowest BCUT2D eigenvalue weighted by atomic mass is 11.8. The first-order valence-corrected chi connectivity index (χ1v) is 3.72. The van der Waals surface area contributed by atoms with Gasteiger partial charge in [-0.25, -0.2) is 0 Å². The maximum atomic E-state index is 9.65. The topological polar surface area (TPSA) is 83.5 Å². The third-order valence-electron chi connectivity index (χ3n) is 0.202. The SMILES string of the molecule is O=CSNS(=O)(=O)O. The number of carbonyl (C=O) groups excluding carboxylic acids is 1. The van der Waals surface area contributed by atoms with Gasteiger partial charge in [0.05, 0.1) is 0 Å². The molecule has 0 saturated carbocycles. The van der Waals surface area contributed by atoms with Gasteiger partial charge in [-0.3, -0.25) is 9.35 Å². The molecule has 0 aromatic rings. The van der Waals surface area contributed by atoms with E-state index >= 15 is 0 Å². The molecule has 0 saturated heterocycles. The fourth-order valence-electron chi connectivity index (χ4n) is 0.0804. The molecule has 0 aliphatic heterocycles. The molecule has 0 unspecified atom stereocenters. The van der Waals surface area contributed by atoms with Gasteiger partial charge in [-0.05, 0) is 0 Å². The Morgan fingerprint density at radius 2 is 2.12 bits per heavy atom. The van der Waals surface area contributed by atoms with E-state index in [2.05, 4.69) is 0 Å². The van der Waals surface area contributed by atoms with E-state index in [1.807, 2.05) is 0 Å². The zero-order valence-corrected chi connectivity index (χ0v) is 5.20. The molecule has 0 atom stereocenters. The highest BCUT2D eigenvalue weighted by atomic mass is 32.3. The second-order valence-corrected chi connectivity index (χ2v) is 2.82. The summed E-state index contributed by atoms with van der Waals surface area (Å²) in [5.41, 5.74) is 0.244. The summed E-state index contributed by atoms with van der Waals surface area (Å²) in [5, 5.41) is 0. The molecule has 7 heteroatoms. The Morgan fingerprint density at radius 1 is 1.62 bits per heavy atom. The Morgan fingerprint density at radius 3 is 2.25 bits per heavy atom. The van der Waals surface area contributed by atoms with Crippen LogP contribution in [0.1, 0.15) is 0 Å². The molecule has 5 nitrogen and oxygen atoms in total. The van der Waals surface area contributed by atoms with Crippen LogP contribution >= 0.6 is 11.9 Å². The average molecular weight is 157 g/mol. The molecule has 0 amide bonds. The summed E-state index contributed by atoms with van der Waals surface area (Å²) in [7, 11) is -4.20. The minimum Gasteiger partial charge on any atom is -0.290 e. The van der Waals surface area contributed by atoms with E-state index in [-0.39, 0.29) is 17.6 Å². The second kappa shape index (κ2) is 3.02. The highest BCUT2D eigenvalue weighted by molar-refractivity contribution is 8.16. The number of nitrogens with one attached hydrogen (secondary N) is 1. The molecule has 48 valence electrons. The van der Waals surface area contributed by atoms with Crippen molar-refractivity contribution in [3.63, 3.8) is 0 Å². The summed E-state index contributed by atoms with van der Waals surface area (Å²) in [5.74, 6) is 0. The number of rotatable bonds is 3. The lowest BCUT2D eigenvalue weighted by Gasteiger charge is -1.88. The van der Waals surface area contributed by atoms with Crippen LogP contribution in [0.25, 0.3) is 0 Å². The van der Waals surface area contributed by atoms with Gasteiger partial charge in [0, 0.05) is 11.9 Å². The van der Waals surface area contributed by atoms with Gasteiger partial charge in [-0.2, -0.15) is 8.42 Å². The van der Waals surface area contributed by atoms with Crippen molar-refractivity contribution in [2.45, 2.75) is 0 Å². The van der Waals surface area contributed by atoms with E-state index in [0.717, 1.165) is 0 Å². The molecule has 0 aromatic heterocycles. The van der Waals surface area contributed by atoms with Crippen LogP contribution in [0, 0.1) is 0 Å². The van der Waals surface area contributed by atoms with E-state index in [4.69, 9.17) is 4.55 Å². The molecule has 0 rings (SSSR count). The van der Waals surface area contributed by atoms with Crippen molar-refractivity contribution < 1.29 is 17.8 Å². The van der Waals surface area contributed by atoms with Gasteiger partial charge in [0.25, 0.3) is 0 Å². The van der Waals surface area contributed by atoms with E-state index in [9.17, 15) is 13.2 Å². The number of carbonyl (C=O) groups is 1. The molecule has 0 heterocycles. The fraction of sp³-hybridized carbons (Fsp3) is 0. The summed E-state index contributed by atoms with van der Waals surface area (Å²) >= 11 is 0.247. The van der Waals surface area contributed by atoms with Gasteiger partial charge in [0.15, 0.2) is 5.62 Å². The average Bonchev–Trinajstić information content (AvgIpc) is 1.59. The van der Waals surface area contributed by atoms with E-state index in [1.54, 1.807) is 0 Å². The van der Waals surface area contributed by atoms with Gasteiger partial charge in [-0.1, -0.05) is 0 Å². The third kappa shape index (κ3) is 5.89. The molecule has 0 aromatic carbocycles. The minimum absolute atomic E-state index is 0.244. The van der Waals surface area contributed by atoms with Crippen molar-refractivity contribution in [2.24, 2.45) is 0 Å². The van der Waals surface area contributed by atoms with Crippen molar-refractivity contribution in [3.05, 3.63) is 0 Å². The van der Waals surface area contributed by atoms with E-state index < -0.39 is 10.3 Å². The molecule has 0 aliphatic rings. The summed E-state index contributed by atoms with van der Waals surface area (Å²) in [4.78, 5) is 9.38. The first-order chi connectivity index (χ1) is 3.56. The minimum atomic E-state index is -4.20. The van der Waals surface area contributed by atoms with E-state index in [0.29, 0.717) is 0 Å². The van der Waals surface area contributed by atoms with Crippen LogP contribution in [0.5, 0.6) is 0 Å². The molecule has 0 spiro atoms. The van der Waals surface area contributed by atoms with Crippen LogP contribution in [0.2, 0.25) is 0 Å². The summed E-state index contributed by atoms with van der Waals surface area (Å²) in [6, 6.07) is 0. The van der Waals surface area contributed by atoms with Crippen molar-refractivity contribution in [3.8, 4) is 0 Å². The van der Waals surface area contributed by atoms with Gasteiger partial charge < -0.3 is 0 Å². The lowest BCUT2D eigenvalue weighted by molar-refractivity contribution is 0.481. The van der Waals surface area contributed by atoms with Crippen molar-refractivity contribution >= 4 is 27.9 Å². The molecule has 0 radical (unpaired) electrons.